The smallest absolute Gasteiger partial charge is 0.273 e. The van der Waals surface area contributed by atoms with E-state index in [4.69, 9.17) is 4.74 Å². The van der Waals surface area contributed by atoms with Gasteiger partial charge in [-0.1, -0.05) is 26.8 Å². The molecule has 1 aromatic carbocycles. The molecular weight excluding hydrogens is 256 g/mol. The van der Waals surface area contributed by atoms with Gasteiger partial charge in [0.1, 0.15) is 11.9 Å². The molecule has 1 saturated carbocycles. The number of benzene rings is 1. The fraction of sp³-hybridized carbons (Fsp3) is 0.600. The van der Waals surface area contributed by atoms with Crippen LogP contribution in [0.5, 0.6) is 5.75 Å². The zero-order valence-electron chi connectivity index (χ0n) is 12.3. The molecule has 0 amide bonds. The van der Waals surface area contributed by atoms with Gasteiger partial charge in [-0.05, 0) is 19.0 Å². The lowest BCUT2D eigenvalue weighted by atomic mass is 9.61. The average molecular weight is 278 g/mol. The van der Waals surface area contributed by atoms with E-state index >= 15 is 0 Å². The molecule has 1 fully saturated rings. The molecule has 110 valence electrons. The van der Waals surface area contributed by atoms with Crippen molar-refractivity contribution in [2.45, 2.75) is 45.8 Å². The number of nitro groups is 1. The normalized spacial score (nSPS) is 28.8. The standard InChI is InChI=1S/C15H22N2O3/c1-4-15(3)13(16-5-2)10-14(15)20-12-8-6-7-11(9-12)17(18)19/h6-9,13-14,16H,4-5,10H2,1-3H3. The number of hydrogen-bond donors (Lipinski definition) is 1. The quantitative estimate of drug-likeness (QED) is 0.641. The Morgan fingerprint density at radius 3 is 2.85 bits per heavy atom. The molecule has 2 rings (SSSR count). The number of rotatable bonds is 6. The lowest BCUT2D eigenvalue weighted by molar-refractivity contribution is -0.385. The van der Waals surface area contributed by atoms with Gasteiger partial charge in [0.15, 0.2) is 0 Å². The van der Waals surface area contributed by atoms with E-state index in [9.17, 15) is 10.1 Å². The second-order valence-electron chi connectivity index (χ2n) is 5.57. The first-order chi connectivity index (χ1) is 9.51. The third-order valence-electron chi connectivity index (χ3n) is 4.50. The highest BCUT2D eigenvalue weighted by Crippen LogP contribution is 2.46. The molecule has 3 unspecified atom stereocenters. The topological polar surface area (TPSA) is 64.4 Å². The second kappa shape index (κ2) is 5.79. The van der Waals surface area contributed by atoms with Crippen molar-refractivity contribution in [1.82, 2.24) is 5.32 Å². The van der Waals surface area contributed by atoms with Gasteiger partial charge in [-0.15, -0.1) is 0 Å². The molecule has 0 heterocycles. The molecule has 0 spiro atoms. The fourth-order valence-corrected chi connectivity index (χ4v) is 2.87. The van der Waals surface area contributed by atoms with Crippen molar-refractivity contribution in [2.75, 3.05) is 6.54 Å². The number of nitro benzene ring substituents is 1. The summed E-state index contributed by atoms with van der Waals surface area (Å²) in [5.74, 6) is 0.582. The molecule has 3 atom stereocenters. The number of non-ortho nitro benzene ring substituents is 1. The fourth-order valence-electron chi connectivity index (χ4n) is 2.87. The number of nitrogens with one attached hydrogen (secondary N) is 1. The average Bonchev–Trinajstić information content (AvgIpc) is 2.45. The molecule has 1 aromatic rings. The van der Waals surface area contributed by atoms with Crippen LogP contribution in [0.25, 0.3) is 0 Å². The van der Waals surface area contributed by atoms with Crippen LogP contribution in [0.4, 0.5) is 5.69 Å². The minimum atomic E-state index is -0.395. The summed E-state index contributed by atoms with van der Waals surface area (Å²) >= 11 is 0. The summed E-state index contributed by atoms with van der Waals surface area (Å²) < 4.78 is 5.98. The second-order valence-corrected chi connectivity index (χ2v) is 5.57. The van der Waals surface area contributed by atoms with Crippen molar-refractivity contribution >= 4 is 5.69 Å². The zero-order valence-corrected chi connectivity index (χ0v) is 12.3. The SMILES string of the molecule is CCNC1CC(Oc2cccc([N+](=O)[O-])c2)C1(C)CC. The molecule has 0 radical (unpaired) electrons. The summed E-state index contributed by atoms with van der Waals surface area (Å²) in [5.41, 5.74) is 0.156. The zero-order chi connectivity index (χ0) is 14.8. The maximum atomic E-state index is 10.8. The van der Waals surface area contributed by atoms with Gasteiger partial charge in [0.25, 0.3) is 5.69 Å². The molecule has 1 N–H and O–H groups in total. The first kappa shape index (κ1) is 14.8. The van der Waals surface area contributed by atoms with Gasteiger partial charge in [0, 0.05) is 23.9 Å². The Morgan fingerprint density at radius 2 is 2.25 bits per heavy atom. The molecule has 0 aromatic heterocycles. The van der Waals surface area contributed by atoms with Gasteiger partial charge in [0.2, 0.25) is 0 Å². The van der Waals surface area contributed by atoms with Crippen LogP contribution in [-0.4, -0.2) is 23.6 Å². The summed E-state index contributed by atoms with van der Waals surface area (Å²) in [7, 11) is 0. The van der Waals surface area contributed by atoms with E-state index in [0.717, 1.165) is 19.4 Å². The Labute approximate surface area is 119 Å². The van der Waals surface area contributed by atoms with Crippen LogP contribution in [-0.2, 0) is 0 Å². The van der Waals surface area contributed by atoms with Crippen LogP contribution < -0.4 is 10.1 Å². The minimum Gasteiger partial charge on any atom is -0.489 e. The Kier molecular flexibility index (Phi) is 4.28. The van der Waals surface area contributed by atoms with Crippen molar-refractivity contribution in [1.29, 1.82) is 0 Å². The van der Waals surface area contributed by atoms with E-state index in [0.29, 0.717) is 11.8 Å². The Bertz CT molecular complexity index is 492. The van der Waals surface area contributed by atoms with Crippen LogP contribution in [0.3, 0.4) is 0 Å². The van der Waals surface area contributed by atoms with Crippen molar-refractivity contribution in [3.8, 4) is 5.75 Å². The van der Waals surface area contributed by atoms with Crippen LogP contribution in [0.1, 0.15) is 33.6 Å². The Morgan fingerprint density at radius 1 is 1.50 bits per heavy atom. The predicted molar refractivity (Wildman–Crippen MR) is 78.0 cm³/mol. The van der Waals surface area contributed by atoms with Crippen LogP contribution in [0, 0.1) is 15.5 Å². The summed E-state index contributed by atoms with van der Waals surface area (Å²) in [6.07, 6.45) is 2.07. The van der Waals surface area contributed by atoms with Crippen LogP contribution >= 0.6 is 0 Å². The van der Waals surface area contributed by atoms with E-state index in [1.807, 2.05) is 0 Å². The summed E-state index contributed by atoms with van der Waals surface area (Å²) in [5, 5.41) is 14.3. The molecule has 0 bridgehead atoms. The first-order valence-corrected chi connectivity index (χ1v) is 7.15. The van der Waals surface area contributed by atoms with Gasteiger partial charge in [-0.3, -0.25) is 10.1 Å². The van der Waals surface area contributed by atoms with Gasteiger partial charge in [0.05, 0.1) is 11.0 Å². The molecule has 0 aliphatic heterocycles. The number of nitrogens with zero attached hydrogens (tertiary/aromatic N) is 1. The van der Waals surface area contributed by atoms with E-state index in [1.165, 1.54) is 12.1 Å². The summed E-state index contributed by atoms with van der Waals surface area (Å²) in [6, 6.07) is 6.88. The van der Waals surface area contributed by atoms with E-state index in [1.54, 1.807) is 12.1 Å². The summed E-state index contributed by atoms with van der Waals surface area (Å²) in [4.78, 5) is 10.4. The van der Waals surface area contributed by atoms with E-state index < -0.39 is 4.92 Å². The van der Waals surface area contributed by atoms with Gasteiger partial charge in [-0.25, -0.2) is 0 Å². The monoisotopic (exact) mass is 278 g/mol. The Balaban J connectivity index is 2.07. The largest absolute Gasteiger partial charge is 0.489 e. The van der Waals surface area contributed by atoms with Gasteiger partial charge < -0.3 is 10.1 Å². The van der Waals surface area contributed by atoms with E-state index in [2.05, 4.69) is 26.1 Å². The molecule has 1 aliphatic carbocycles. The van der Waals surface area contributed by atoms with Crippen LogP contribution in [0.15, 0.2) is 24.3 Å². The predicted octanol–water partition coefficient (Wildman–Crippen LogP) is 3.14. The number of hydrogen-bond acceptors (Lipinski definition) is 4. The first-order valence-electron chi connectivity index (χ1n) is 7.15. The van der Waals surface area contributed by atoms with Crippen molar-refractivity contribution < 1.29 is 9.66 Å². The lowest BCUT2D eigenvalue weighted by Gasteiger charge is -2.53. The molecule has 5 heteroatoms. The highest BCUT2D eigenvalue weighted by Gasteiger charge is 2.51. The van der Waals surface area contributed by atoms with Gasteiger partial charge >= 0.3 is 0 Å². The third-order valence-corrected chi connectivity index (χ3v) is 4.50. The molecule has 5 nitrogen and oxygen atoms in total. The molecule has 20 heavy (non-hydrogen) atoms. The summed E-state index contributed by atoms with van der Waals surface area (Å²) in [6.45, 7) is 7.42. The maximum Gasteiger partial charge on any atom is 0.273 e. The highest BCUT2D eigenvalue weighted by atomic mass is 16.6. The van der Waals surface area contributed by atoms with Crippen molar-refractivity contribution in [3.63, 3.8) is 0 Å². The Hall–Kier alpha value is -1.62. The lowest BCUT2D eigenvalue weighted by Crippen LogP contribution is -2.63. The molecule has 0 saturated heterocycles. The van der Waals surface area contributed by atoms with Crippen molar-refractivity contribution in [3.05, 3.63) is 34.4 Å². The number of ether oxygens (including phenoxy) is 1. The third kappa shape index (κ3) is 2.63. The minimum absolute atomic E-state index is 0.0725. The maximum absolute atomic E-state index is 10.8. The molecular formula is C15H22N2O3. The van der Waals surface area contributed by atoms with Gasteiger partial charge in [-0.2, -0.15) is 0 Å². The van der Waals surface area contributed by atoms with E-state index in [-0.39, 0.29) is 17.2 Å². The van der Waals surface area contributed by atoms with Crippen molar-refractivity contribution in [2.24, 2.45) is 5.41 Å². The molecule has 1 aliphatic rings. The highest BCUT2D eigenvalue weighted by molar-refractivity contribution is 5.38. The van der Waals surface area contributed by atoms with Crippen LogP contribution in [0.2, 0.25) is 0 Å².